The molecule has 3 rings (SSSR count). The van der Waals surface area contributed by atoms with Crippen LogP contribution in [0.1, 0.15) is 20.3 Å². The van der Waals surface area contributed by atoms with Crippen LogP contribution in [0.25, 0.3) is 5.65 Å². The molecule has 2 unspecified atom stereocenters. The molecule has 0 bridgehead atoms. The fourth-order valence-electron chi connectivity index (χ4n) is 3.25. The van der Waals surface area contributed by atoms with Crippen molar-refractivity contribution in [3.63, 3.8) is 0 Å². The van der Waals surface area contributed by atoms with Crippen molar-refractivity contribution in [3.8, 4) is 0 Å². The van der Waals surface area contributed by atoms with Crippen molar-refractivity contribution in [1.29, 1.82) is 0 Å². The molecule has 24 heavy (non-hydrogen) atoms. The molecule has 1 aliphatic heterocycles. The predicted molar refractivity (Wildman–Crippen MR) is 91.4 cm³/mol. The predicted octanol–water partition coefficient (Wildman–Crippen LogP) is 2.15. The Balaban J connectivity index is 1.58. The van der Waals surface area contributed by atoms with Gasteiger partial charge in [-0.2, -0.15) is 9.38 Å². The summed E-state index contributed by atoms with van der Waals surface area (Å²) in [5.41, 5.74) is 0.572. The molecule has 2 aromatic rings. The van der Waals surface area contributed by atoms with Gasteiger partial charge in [-0.15, -0.1) is 0 Å². The highest BCUT2D eigenvalue weighted by atomic mass is 16.6. The van der Waals surface area contributed by atoms with Gasteiger partial charge in [0, 0.05) is 32.2 Å². The maximum Gasteiger partial charge on any atom is 0.372 e. The molecule has 0 aromatic carbocycles. The molecule has 8 heteroatoms. The summed E-state index contributed by atoms with van der Waals surface area (Å²) in [6.45, 7) is 7.61. The molecule has 0 radical (unpaired) electrons. The molecule has 3 heterocycles. The average Bonchev–Trinajstić information content (AvgIpc) is 2.89. The monoisotopic (exact) mass is 333 g/mol. The standard InChI is InChI=1S/C16H23N5O3/c1-12-10-19(11-13(2)24-12)8-5-7-17-15-16(21(22)23)20-9-4-3-6-14(20)18-15/h3-4,6,9,12-13,17H,5,7-8,10-11H2,1-2H3. The van der Waals surface area contributed by atoms with E-state index in [1.165, 1.54) is 4.40 Å². The van der Waals surface area contributed by atoms with Crippen LogP contribution >= 0.6 is 0 Å². The van der Waals surface area contributed by atoms with E-state index in [-0.39, 0.29) is 18.0 Å². The van der Waals surface area contributed by atoms with Crippen LogP contribution < -0.4 is 5.32 Å². The fourth-order valence-corrected chi connectivity index (χ4v) is 3.25. The van der Waals surface area contributed by atoms with E-state index in [2.05, 4.69) is 29.0 Å². The van der Waals surface area contributed by atoms with Gasteiger partial charge in [-0.25, -0.2) is 0 Å². The molecule has 130 valence electrons. The van der Waals surface area contributed by atoms with E-state index in [1.807, 2.05) is 6.07 Å². The van der Waals surface area contributed by atoms with Crippen molar-refractivity contribution in [3.05, 3.63) is 34.5 Å². The lowest BCUT2D eigenvalue weighted by atomic mass is 10.2. The highest BCUT2D eigenvalue weighted by Crippen LogP contribution is 2.25. The Bertz CT molecular complexity index is 707. The quantitative estimate of drug-likeness (QED) is 0.495. The number of rotatable bonds is 6. The van der Waals surface area contributed by atoms with Crippen molar-refractivity contribution < 1.29 is 9.66 Å². The van der Waals surface area contributed by atoms with Gasteiger partial charge in [-0.1, -0.05) is 6.07 Å². The van der Waals surface area contributed by atoms with Crippen LogP contribution in [0.15, 0.2) is 24.4 Å². The molecule has 2 atom stereocenters. The number of nitrogens with one attached hydrogen (secondary N) is 1. The van der Waals surface area contributed by atoms with E-state index in [4.69, 9.17) is 4.74 Å². The third kappa shape index (κ3) is 3.65. The number of ether oxygens (including phenoxy) is 1. The van der Waals surface area contributed by atoms with Gasteiger partial charge in [0.05, 0.1) is 18.4 Å². The van der Waals surface area contributed by atoms with Crippen molar-refractivity contribution in [1.82, 2.24) is 14.3 Å². The molecule has 1 aliphatic rings. The van der Waals surface area contributed by atoms with Crippen molar-refractivity contribution in [2.45, 2.75) is 32.5 Å². The minimum Gasteiger partial charge on any atom is -0.373 e. The third-order valence-corrected chi connectivity index (χ3v) is 4.12. The van der Waals surface area contributed by atoms with Crippen LogP contribution in [0.5, 0.6) is 0 Å². The van der Waals surface area contributed by atoms with Crippen LogP contribution in [0.2, 0.25) is 0 Å². The Labute approximate surface area is 140 Å². The van der Waals surface area contributed by atoms with E-state index < -0.39 is 4.92 Å². The molecule has 1 saturated heterocycles. The van der Waals surface area contributed by atoms with Crippen LogP contribution in [0, 0.1) is 10.1 Å². The lowest BCUT2D eigenvalue weighted by molar-refractivity contribution is -0.389. The second-order valence-corrected chi connectivity index (χ2v) is 6.27. The maximum atomic E-state index is 11.3. The first-order valence-electron chi connectivity index (χ1n) is 8.27. The lowest BCUT2D eigenvalue weighted by Crippen LogP contribution is -2.45. The number of morpholine rings is 1. The molecule has 0 aliphatic carbocycles. The zero-order valence-electron chi connectivity index (χ0n) is 14.0. The van der Waals surface area contributed by atoms with Gasteiger partial charge < -0.3 is 20.2 Å². The van der Waals surface area contributed by atoms with Crippen LogP contribution in [-0.2, 0) is 4.74 Å². The summed E-state index contributed by atoms with van der Waals surface area (Å²) in [6, 6.07) is 5.33. The number of nitro groups is 1. The van der Waals surface area contributed by atoms with Crippen LogP contribution in [0.3, 0.4) is 0 Å². The molecule has 0 spiro atoms. The zero-order valence-corrected chi connectivity index (χ0v) is 14.0. The summed E-state index contributed by atoms with van der Waals surface area (Å²) >= 11 is 0. The third-order valence-electron chi connectivity index (χ3n) is 4.12. The number of fused-ring (bicyclic) bond motifs is 1. The van der Waals surface area contributed by atoms with Gasteiger partial charge in [-0.3, -0.25) is 4.90 Å². The summed E-state index contributed by atoms with van der Waals surface area (Å²) in [5, 5.41) is 14.4. The number of aromatic nitrogens is 2. The summed E-state index contributed by atoms with van der Waals surface area (Å²) < 4.78 is 7.22. The highest BCUT2D eigenvalue weighted by molar-refractivity contribution is 5.62. The van der Waals surface area contributed by atoms with Crippen LogP contribution in [0.4, 0.5) is 11.6 Å². The Morgan fingerprint density at radius 3 is 2.83 bits per heavy atom. The Morgan fingerprint density at radius 2 is 2.12 bits per heavy atom. The summed E-state index contributed by atoms with van der Waals surface area (Å²) in [5.74, 6) is 0.314. The van der Waals surface area contributed by atoms with E-state index in [0.717, 1.165) is 26.1 Å². The fraction of sp³-hybridized carbons (Fsp3) is 0.562. The van der Waals surface area contributed by atoms with Gasteiger partial charge in [0.2, 0.25) is 11.5 Å². The van der Waals surface area contributed by atoms with E-state index in [9.17, 15) is 10.1 Å². The number of anilines is 1. The topological polar surface area (TPSA) is 84.9 Å². The highest BCUT2D eigenvalue weighted by Gasteiger charge is 2.23. The summed E-state index contributed by atoms with van der Waals surface area (Å²) in [4.78, 5) is 17.6. The number of imidazole rings is 1. The lowest BCUT2D eigenvalue weighted by Gasteiger charge is -2.35. The number of pyridine rings is 1. The van der Waals surface area contributed by atoms with Crippen molar-refractivity contribution in [2.75, 3.05) is 31.5 Å². The molecule has 8 nitrogen and oxygen atoms in total. The zero-order chi connectivity index (χ0) is 17.1. The first-order chi connectivity index (χ1) is 11.5. The summed E-state index contributed by atoms with van der Waals surface area (Å²) in [7, 11) is 0. The van der Waals surface area contributed by atoms with E-state index in [0.29, 0.717) is 18.0 Å². The first kappa shape index (κ1) is 16.7. The van der Waals surface area contributed by atoms with Gasteiger partial charge in [0.1, 0.15) is 0 Å². The minimum absolute atomic E-state index is 0.0146. The molecular formula is C16H23N5O3. The second kappa shape index (κ2) is 7.14. The molecule has 2 aromatic heterocycles. The maximum absolute atomic E-state index is 11.3. The van der Waals surface area contributed by atoms with E-state index in [1.54, 1.807) is 18.3 Å². The number of nitrogens with zero attached hydrogens (tertiary/aromatic N) is 4. The Kier molecular flexibility index (Phi) is 4.96. The smallest absolute Gasteiger partial charge is 0.372 e. The molecule has 1 N–H and O–H groups in total. The number of hydrogen-bond acceptors (Lipinski definition) is 6. The van der Waals surface area contributed by atoms with Crippen molar-refractivity contribution in [2.24, 2.45) is 0 Å². The van der Waals surface area contributed by atoms with Gasteiger partial charge in [-0.05, 0) is 31.3 Å². The largest absolute Gasteiger partial charge is 0.373 e. The van der Waals surface area contributed by atoms with Gasteiger partial charge in [0.15, 0.2) is 0 Å². The molecular weight excluding hydrogens is 310 g/mol. The SMILES string of the molecule is CC1CN(CCCNc2nc3ccccn3c2[N+](=O)[O-])CC(C)O1. The summed E-state index contributed by atoms with van der Waals surface area (Å²) in [6.07, 6.45) is 3.05. The first-order valence-corrected chi connectivity index (χ1v) is 8.27. The Morgan fingerprint density at radius 1 is 1.38 bits per heavy atom. The normalized spacial score (nSPS) is 21.9. The molecule has 1 fully saturated rings. The van der Waals surface area contributed by atoms with Gasteiger partial charge >= 0.3 is 5.82 Å². The molecule has 0 amide bonds. The Hall–Kier alpha value is -2.19. The second-order valence-electron chi connectivity index (χ2n) is 6.27. The van der Waals surface area contributed by atoms with Gasteiger partial charge in [0.25, 0.3) is 0 Å². The number of hydrogen-bond donors (Lipinski definition) is 1. The molecule has 0 saturated carbocycles. The van der Waals surface area contributed by atoms with E-state index >= 15 is 0 Å². The average molecular weight is 333 g/mol. The minimum atomic E-state index is -0.395. The van der Waals surface area contributed by atoms with Crippen LogP contribution in [-0.4, -0.2) is 57.6 Å². The van der Waals surface area contributed by atoms with Crippen molar-refractivity contribution >= 4 is 17.3 Å².